The third kappa shape index (κ3) is 2.39. The van der Waals surface area contributed by atoms with Gasteiger partial charge in [-0.15, -0.1) is 0 Å². The van der Waals surface area contributed by atoms with Gasteiger partial charge in [-0.25, -0.2) is 14.4 Å². The van der Waals surface area contributed by atoms with E-state index in [9.17, 15) is 4.39 Å². The summed E-state index contributed by atoms with van der Waals surface area (Å²) in [5.74, 6) is -0.556. The summed E-state index contributed by atoms with van der Waals surface area (Å²) in [5, 5.41) is 0.810. The second-order valence-electron chi connectivity index (χ2n) is 3.31. The van der Waals surface area contributed by atoms with Gasteiger partial charge in [0.15, 0.2) is 5.82 Å². The third-order valence-corrected chi connectivity index (χ3v) is 2.79. The highest BCUT2D eigenvalue weighted by Crippen LogP contribution is 2.30. The summed E-state index contributed by atoms with van der Waals surface area (Å²) in [6.07, 6.45) is 1.26. The molecule has 0 unspecified atom stereocenters. The second kappa shape index (κ2) is 4.96. The van der Waals surface area contributed by atoms with E-state index >= 15 is 0 Å². The van der Waals surface area contributed by atoms with Gasteiger partial charge in [0, 0.05) is 17.1 Å². The van der Waals surface area contributed by atoms with Crippen molar-refractivity contribution in [1.82, 2.24) is 9.97 Å². The molecule has 3 nitrogen and oxygen atoms in total. The summed E-state index contributed by atoms with van der Waals surface area (Å²) in [6.45, 7) is 0.00651. The first kappa shape index (κ1) is 12.2. The van der Waals surface area contributed by atoms with Crippen LogP contribution >= 0.6 is 23.2 Å². The van der Waals surface area contributed by atoms with Crippen molar-refractivity contribution >= 4 is 23.2 Å². The molecular weight excluding hydrogens is 264 g/mol. The minimum Gasteiger partial charge on any atom is -0.325 e. The predicted octanol–water partition coefficient (Wildman–Crippen LogP) is 3.05. The highest BCUT2D eigenvalue weighted by Gasteiger charge is 2.14. The number of nitrogens with two attached hydrogens (primary N) is 1. The Hall–Kier alpha value is -1.23. The van der Waals surface area contributed by atoms with E-state index in [-0.39, 0.29) is 17.9 Å². The molecule has 0 fully saturated rings. The first-order valence-corrected chi connectivity index (χ1v) is 5.54. The molecule has 2 N–H and O–H groups in total. The van der Waals surface area contributed by atoms with Crippen LogP contribution in [0.4, 0.5) is 4.39 Å². The molecule has 17 heavy (non-hydrogen) atoms. The van der Waals surface area contributed by atoms with Crippen LogP contribution < -0.4 is 5.73 Å². The smallest absolute Gasteiger partial charge is 0.172 e. The van der Waals surface area contributed by atoms with Crippen LogP contribution in [-0.2, 0) is 6.54 Å². The molecule has 0 aliphatic carbocycles. The fourth-order valence-electron chi connectivity index (χ4n) is 1.42. The zero-order valence-electron chi connectivity index (χ0n) is 8.62. The third-order valence-electron chi connectivity index (χ3n) is 2.24. The van der Waals surface area contributed by atoms with Crippen molar-refractivity contribution in [3.8, 4) is 11.3 Å². The summed E-state index contributed by atoms with van der Waals surface area (Å²) in [6, 6.07) is 4.75. The predicted molar refractivity (Wildman–Crippen MR) is 65.3 cm³/mol. The Morgan fingerprint density at radius 2 is 2.00 bits per heavy atom. The molecule has 1 aromatic heterocycles. The topological polar surface area (TPSA) is 51.8 Å². The van der Waals surface area contributed by atoms with Gasteiger partial charge >= 0.3 is 0 Å². The number of hydrogen-bond acceptors (Lipinski definition) is 3. The Morgan fingerprint density at radius 3 is 2.65 bits per heavy atom. The van der Waals surface area contributed by atoms with Crippen LogP contribution in [0.5, 0.6) is 0 Å². The molecule has 0 radical (unpaired) electrons. The lowest BCUT2D eigenvalue weighted by Crippen LogP contribution is -2.05. The molecule has 2 aromatic rings. The average Bonchev–Trinajstić information content (AvgIpc) is 2.30. The van der Waals surface area contributed by atoms with Gasteiger partial charge in [0.25, 0.3) is 0 Å². The molecule has 1 aromatic carbocycles. The van der Waals surface area contributed by atoms with Gasteiger partial charge in [-0.2, -0.15) is 0 Å². The van der Waals surface area contributed by atoms with E-state index in [0.29, 0.717) is 15.6 Å². The molecule has 88 valence electrons. The SMILES string of the molecule is NCc1ncnc(-c2ccc(Cl)cc2Cl)c1F. The molecule has 0 atom stereocenters. The fraction of sp³-hybridized carbons (Fsp3) is 0.0909. The van der Waals surface area contributed by atoms with Crippen molar-refractivity contribution in [2.75, 3.05) is 0 Å². The van der Waals surface area contributed by atoms with Crippen LogP contribution in [0.1, 0.15) is 5.69 Å². The van der Waals surface area contributed by atoms with E-state index in [1.54, 1.807) is 12.1 Å². The van der Waals surface area contributed by atoms with E-state index in [1.165, 1.54) is 12.4 Å². The summed E-state index contributed by atoms with van der Waals surface area (Å²) in [4.78, 5) is 7.63. The molecule has 0 aliphatic rings. The van der Waals surface area contributed by atoms with Crippen LogP contribution in [0, 0.1) is 5.82 Å². The Balaban J connectivity index is 2.60. The zero-order chi connectivity index (χ0) is 12.4. The van der Waals surface area contributed by atoms with Gasteiger partial charge in [-0.3, -0.25) is 0 Å². The first-order valence-electron chi connectivity index (χ1n) is 4.78. The molecule has 0 saturated carbocycles. The van der Waals surface area contributed by atoms with Gasteiger partial charge in [-0.1, -0.05) is 23.2 Å². The van der Waals surface area contributed by atoms with Crippen LogP contribution in [0.25, 0.3) is 11.3 Å². The maximum Gasteiger partial charge on any atom is 0.172 e. The summed E-state index contributed by atoms with van der Waals surface area (Å²) in [7, 11) is 0. The standard InChI is InChI=1S/C11H8Cl2FN3/c12-6-1-2-7(8(13)3-6)11-10(14)9(4-15)16-5-17-11/h1-3,5H,4,15H2. The Bertz CT molecular complexity index is 560. The molecule has 0 bridgehead atoms. The molecule has 1 heterocycles. The van der Waals surface area contributed by atoms with Crippen LogP contribution in [0.3, 0.4) is 0 Å². The lowest BCUT2D eigenvalue weighted by atomic mass is 10.1. The average molecular weight is 272 g/mol. The van der Waals surface area contributed by atoms with E-state index in [4.69, 9.17) is 28.9 Å². The van der Waals surface area contributed by atoms with Crippen LogP contribution in [-0.4, -0.2) is 9.97 Å². The maximum absolute atomic E-state index is 13.9. The number of halogens is 3. The zero-order valence-corrected chi connectivity index (χ0v) is 10.1. The van der Waals surface area contributed by atoms with Gasteiger partial charge in [0.2, 0.25) is 0 Å². The van der Waals surface area contributed by atoms with Crippen molar-refractivity contribution in [3.63, 3.8) is 0 Å². The summed E-state index contributed by atoms with van der Waals surface area (Å²) < 4.78 is 13.9. The number of rotatable bonds is 2. The Morgan fingerprint density at radius 1 is 1.24 bits per heavy atom. The summed E-state index contributed by atoms with van der Waals surface area (Å²) >= 11 is 11.8. The van der Waals surface area contributed by atoms with Crippen molar-refractivity contribution in [2.45, 2.75) is 6.54 Å². The Labute approximate surface area is 107 Å². The number of benzene rings is 1. The van der Waals surface area contributed by atoms with E-state index in [0.717, 1.165) is 0 Å². The van der Waals surface area contributed by atoms with E-state index in [2.05, 4.69) is 9.97 Å². The molecular formula is C11H8Cl2FN3. The van der Waals surface area contributed by atoms with Gasteiger partial charge in [0.05, 0.1) is 10.7 Å². The first-order chi connectivity index (χ1) is 8.13. The molecule has 0 aliphatic heterocycles. The lowest BCUT2D eigenvalue weighted by molar-refractivity contribution is 0.596. The number of aromatic nitrogens is 2. The maximum atomic E-state index is 13.9. The Kier molecular flexibility index (Phi) is 3.57. The molecule has 0 amide bonds. The molecule has 0 saturated heterocycles. The molecule has 0 spiro atoms. The quantitative estimate of drug-likeness (QED) is 0.914. The lowest BCUT2D eigenvalue weighted by Gasteiger charge is -2.07. The number of hydrogen-bond donors (Lipinski definition) is 1. The van der Waals surface area contributed by atoms with Crippen molar-refractivity contribution < 1.29 is 4.39 Å². The van der Waals surface area contributed by atoms with Crippen LogP contribution in [0.15, 0.2) is 24.5 Å². The van der Waals surface area contributed by atoms with Gasteiger partial charge in [-0.05, 0) is 18.2 Å². The normalized spacial score (nSPS) is 10.6. The highest BCUT2D eigenvalue weighted by molar-refractivity contribution is 6.36. The van der Waals surface area contributed by atoms with Gasteiger partial charge in [0.1, 0.15) is 12.0 Å². The van der Waals surface area contributed by atoms with Crippen molar-refractivity contribution in [1.29, 1.82) is 0 Å². The van der Waals surface area contributed by atoms with E-state index < -0.39 is 5.82 Å². The summed E-state index contributed by atoms with van der Waals surface area (Å²) in [5.41, 5.74) is 6.12. The second-order valence-corrected chi connectivity index (χ2v) is 4.15. The highest BCUT2D eigenvalue weighted by atomic mass is 35.5. The van der Waals surface area contributed by atoms with E-state index in [1.807, 2.05) is 0 Å². The van der Waals surface area contributed by atoms with Crippen molar-refractivity contribution in [3.05, 3.63) is 46.1 Å². The minimum absolute atomic E-state index is 0.00651. The molecule has 2 rings (SSSR count). The van der Waals surface area contributed by atoms with Gasteiger partial charge < -0.3 is 5.73 Å². The fourth-order valence-corrected chi connectivity index (χ4v) is 1.92. The van der Waals surface area contributed by atoms with Crippen molar-refractivity contribution in [2.24, 2.45) is 5.73 Å². The monoisotopic (exact) mass is 271 g/mol. The van der Waals surface area contributed by atoms with Crippen LogP contribution in [0.2, 0.25) is 10.0 Å². The number of nitrogens with zero attached hydrogens (tertiary/aromatic N) is 2. The largest absolute Gasteiger partial charge is 0.325 e. The minimum atomic E-state index is -0.556. The molecule has 6 heteroatoms.